The number of halogens is 1. The summed E-state index contributed by atoms with van der Waals surface area (Å²) in [5.74, 6) is 1.32. The van der Waals surface area contributed by atoms with Crippen LogP contribution in [0.15, 0.2) is 28.7 Å². The first kappa shape index (κ1) is 23.3. The van der Waals surface area contributed by atoms with E-state index >= 15 is 0 Å². The van der Waals surface area contributed by atoms with Crippen LogP contribution in [0.1, 0.15) is 42.5 Å². The summed E-state index contributed by atoms with van der Waals surface area (Å²) >= 11 is 3.28. The van der Waals surface area contributed by atoms with Crippen LogP contribution in [0.2, 0.25) is 0 Å². The van der Waals surface area contributed by atoms with Crippen LogP contribution in [0.25, 0.3) is 0 Å². The molecule has 0 amide bonds. The maximum Gasteiger partial charge on any atom is 0.191 e. The number of aliphatic imine (C=N–C) groups is 1. The summed E-state index contributed by atoms with van der Waals surface area (Å²) in [6.07, 6.45) is 2.92. The van der Waals surface area contributed by atoms with Gasteiger partial charge in [-0.15, -0.1) is 46.7 Å². The largest absolute Gasteiger partial charge is 0.383 e. The van der Waals surface area contributed by atoms with E-state index in [2.05, 4.69) is 34.5 Å². The zero-order valence-corrected chi connectivity index (χ0v) is 19.7. The van der Waals surface area contributed by atoms with E-state index in [-0.39, 0.29) is 24.0 Å². The SMILES string of the molecule is CCNC(=NCc1cnc(CC(C)C)s1)NCC(C)(O)c1cccs1.I. The van der Waals surface area contributed by atoms with E-state index in [0.29, 0.717) is 25.0 Å². The number of hydrogen-bond acceptors (Lipinski definition) is 5. The molecule has 0 saturated carbocycles. The van der Waals surface area contributed by atoms with Crippen molar-refractivity contribution in [1.82, 2.24) is 15.6 Å². The van der Waals surface area contributed by atoms with Gasteiger partial charge in [0, 0.05) is 28.9 Å². The molecule has 2 heterocycles. The van der Waals surface area contributed by atoms with Crippen LogP contribution in [-0.4, -0.2) is 29.1 Å². The Labute approximate surface area is 181 Å². The van der Waals surface area contributed by atoms with Crippen LogP contribution < -0.4 is 10.6 Å². The van der Waals surface area contributed by atoms with E-state index in [1.54, 1.807) is 22.7 Å². The fourth-order valence-electron chi connectivity index (χ4n) is 2.29. The monoisotopic (exact) mass is 508 g/mol. The third kappa shape index (κ3) is 7.50. The predicted octanol–water partition coefficient (Wildman–Crippen LogP) is 3.98. The maximum atomic E-state index is 10.6. The van der Waals surface area contributed by atoms with Gasteiger partial charge in [0.2, 0.25) is 0 Å². The molecule has 5 nitrogen and oxygen atoms in total. The molecule has 0 bridgehead atoms. The number of rotatable bonds is 8. The normalized spacial score (nSPS) is 14.0. The Balaban J connectivity index is 0.00000338. The zero-order valence-electron chi connectivity index (χ0n) is 15.8. The van der Waals surface area contributed by atoms with Crippen LogP contribution in [0.3, 0.4) is 0 Å². The van der Waals surface area contributed by atoms with Gasteiger partial charge in [-0.05, 0) is 31.2 Å². The number of thiazole rings is 1. The Morgan fingerprint density at radius 3 is 2.77 bits per heavy atom. The van der Waals surface area contributed by atoms with Gasteiger partial charge in [-0.3, -0.25) is 0 Å². The van der Waals surface area contributed by atoms with E-state index < -0.39 is 5.60 Å². The third-order valence-corrected chi connectivity index (χ3v) is 5.70. The van der Waals surface area contributed by atoms with Crippen molar-refractivity contribution in [3.8, 4) is 0 Å². The fourth-order valence-corrected chi connectivity index (χ4v) is 4.14. The van der Waals surface area contributed by atoms with Crippen LogP contribution in [-0.2, 0) is 18.6 Å². The molecule has 0 saturated heterocycles. The first-order valence-electron chi connectivity index (χ1n) is 8.63. The molecule has 0 aromatic carbocycles. The maximum absolute atomic E-state index is 10.6. The molecule has 0 aliphatic rings. The molecule has 2 aromatic heterocycles. The Bertz CT molecular complexity index is 669. The quantitative estimate of drug-likeness (QED) is 0.287. The number of thiophene rings is 1. The molecule has 0 aliphatic heterocycles. The van der Waals surface area contributed by atoms with Crippen molar-refractivity contribution >= 4 is 52.6 Å². The predicted molar refractivity (Wildman–Crippen MR) is 123 cm³/mol. The smallest absolute Gasteiger partial charge is 0.191 e. The van der Waals surface area contributed by atoms with Crippen molar-refractivity contribution in [2.75, 3.05) is 13.1 Å². The molecule has 1 unspecified atom stereocenters. The summed E-state index contributed by atoms with van der Waals surface area (Å²) in [6.45, 7) is 10.0. The Kier molecular flexibility index (Phi) is 10.1. The molecule has 0 fully saturated rings. The van der Waals surface area contributed by atoms with Gasteiger partial charge in [0.25, 0.3) is 0 Å². The molecule has 2 aromatic rings. The van der Waals surface area contributed by atoms with Gasteiger partial charge >= 0.3 is 0 Å². The fraction of sp³-hybridized carbons (Fsp3) is 0.556. The molecule has 1 atom stereocenters. The highest BCUT2D eigenvalue weighted by Crippen LogP contribution is 2.24. The summed E-state index contributed by atoms with van der Waals surface area (Å²) in [4.78, 5) is 11.2. The average Bonchev–Trinajstić information content (AvgIpc) is 3.21. The van der Waals surface area contributed by atoms with E-state index in [9.17, 15) is 5.11 Å². The number of aromatic nitrogens is 1. The number of aliphatic hydroxyl groups is 1. The lowest BCUT2D eigenvalue weighted by molar-refractivity contribution is 0.0655. The minimum atomic E-state index is -0.917. The third-order valence-electron chi connectivity index (χ3n) is 3.57. The van der Waals surface area contributed by atoms with Crippen molar-refractivity contribution in [1.29, 1.82) is 0 Å². The van der Waals surface area contributed by atoms with Gasteiger partial charge in [-0.1, -0.05) is 19.9 Å². The Morgan fingerprint density at radius 1 is 1.38 bits per heavy atom. The Hall–Kier alpha value is -0.710. The minimum absolute atomic E-state index is 0. The highest BCUT2D eigenvalue weighted by molar-refractivity contribution is 14.0. The van der Waals surface area contributed by atoms with Crippen LogP contribution in [0.4, 0.5) is 0 Å². The highest BCUT2D eigenvalue weighted by Gasteiger charge is 2.24. The number of hydrogen-bond donors (Lipinski definition) is 3. The van der Waals surface area contributed by atoms with Crippen molar-refractivity contribution in [3.63, 3.8) is 0 Å². The van der Waals surface area contributed by atoms with Crippen molar-refractivity contribution in [2.24, 2.45) is 10.9 Å². The molecule has 0 radical (unpaired) electrons. The van der Waals surface area contributed by atoms with Gasteiger partial charge in [-0.2, -0.15) is 0 Å². The minimum Gasteiger partial charge on any atom is -0.383 e. The molecular formula is C18H29IN4OS2. The van der Waals surface area contributed by atoms with Gasteiger partial charge in [0.15, 0.2) is 5.96 Å². The van der Waals surface area contributed by atoms with Crippen molar-refractivity contribution in [2.45, 2.75) is 46.3 Å². The molecule has 8 heteroatoms. The summed E-state index contributed by atoms with van der Waals surface area (Å²) in [7, 11) is 0. The molecule has 0 aliphatic carbocycles. The first-order valence-corrected chi connectivity index (χ1v) is 10.3. The molecule has 26 heavy (non-hydrogen) atoms. The zero-order chi connectivity index (χ0) is 18.3. The van der Waals surface area contributed by atoms with E-state index in [1.165, 1.54) is 5.01 Å². The summed E-state index contributed by atoms with van der Waals surface area (Å²) in [6, 6.07) is 3.90. The molecule has 146 valence electrons. The highest BCUT2D eigenvalue weighted by atomic mass is 127. The number of nitrogens with one attached hydrogen (secondary N) is 2. The van der Waals surface area contributed by atoms with Crippen LogP contribution in [0, 0.1) is 5.92 Å². The second kappa shape index (κ2) is 11.2. The molecule has 3 N–H and O–H groups in total. The van der Waals surface area contributed by atoms with E-state index in [0.717, 1.165) is 22.7 Å². The van der Waals surface area contributed by atoms with E-state index in [1.807, 2.05) is 37.6 Å². The lowest BCUT2D eigenvalue weighted by Crippen LogP contribution is -2.44. The lowest BCUT2D eigenvalue weighted by atomic mass is 10.1. The second-order valence-electron chi connectivity index (χ2n) is 6.62. The second-order valence-corrected chi connectivity index (χ2v) is 8.77. The van der Waals surface area contributed by atoms with Gasteiger partial charge in [-0.25, -0.2) is 9.98 Å². The van der Waals surface area contributed by atoms with Gasteiger partial charge in [0.1, 0.15) is 5.60 Å². The lowest BCUT2D eigenvalue weighted by Gasteiger charge is -2.23. The van der Waals surface area contributed by atoms with Crippen LogP contribution in [0.5, 0.6) is 0 Å². The van der Waals surface area contributed by atoms with Gasteiger partial charge in [0.05, 0.1) is 18.1 Å². The Morgan fingerprint density at radius 2 is 2.15 bits per heavy atom. The number of guanidine groups is 1. The van der Waals surface area contributed by atoms with Crippen molar-refractivity contribution in [3.05, 3.63) is 38.5 Å². The van der Waals surface area contributed by atoms with E-state index in [4.69, 9.17) is 0 Å². The van der Waals surface area contributed by atoms with Crippen molar-refractivity contribution < 1.29 is 5.11 Å². The topological polar surface area (TPSA) is 69.5 Å². The van der Waals surface area contributed by atoms with Crippen LogP contribution >= 0.6 is 46.7 Å². The molecule has 0 spiro atoms. The summed E-state index contributed by atoms with van der Waals surface area (Å²) in [5, 5.41) is 20.2. The first-order chi connectivity index (χ1) is 11.9. The standard InChI is InChI=1S/C18H28N4OS2.HI/c1-5-19-17(22-12-18(4,23)15-7-6-8-24-15)21-11-14-10-20-16(25-14)9-13(2)3;/h6-8,10,13,23H,5,9,11-12H2,1-4H3,(H2,19,21,22);1H. The average molecular weight is 508 g/mol. The van der Waals surface area contributed by atoms with Gasteiger partial charge < -0.3 is 15.7 Å². The summed E-state index contributed by atoms with van der Waals surface area (Å²) in [5.41, 5.74) is -0.917. The number of nitrogens with zero attached hydrogens (tertiary/aromatic N) is 2. The molecular weight excluding hydrogens is 479 g/mol. The summed E-state index contributed by atoms with van der Waals surface area (Å²) < 4.78 is 0. The molecule has 2 rings (SSSR count).